The third-order valence-electron chi connectivity index (χ3n) is 4.85. The highest BCUT2D eigenvalue weighted by Crippen LogP contribution is 2.36. The molecule has 2 aromatic rings. The SMILES string of the molecule is C[C@H](c1ccccc1)N1C[C@@H]1[C@H](CCCO)OCc1ccccc1. The van der Waals surface area contributed by atoms with Gasteiger partial charge in [0.05, 0.1) is 12.7 Å². The lowest BCUT2D eigenvalue weighted by molar-refractivity contribution is 0.0199. The first-order valence-corrected chi connectivity index (χ1v) is 8.86. The number of rotatable bonds is 9. The molecule has 2 aromatic carbocycles. The van der Waals surface area contributed by atoms with Crippen molar-refractivity contribution in [1.29, 1.82) is 0 Å². The zero-order chi connectivity index (χ0) is 16.8. The van der Waals surface area contributed by atoms with Gasteiger partial charge in [0.15, 0.2) is 0 Å². The molecule has 4 atom stereocenters. The molecule has 0 aliphatic carbocycles. The maximum Gasteiger partial charge on any atom is 0.0748 e. The Hall–Kier alpha value is -1.68. The first kappa shape index (κ1) is 17.2. The second kappa shape index (κ2) is 8.43. The predicted molar refractivity (Wildman–Crippen MR) is 96.7 cm³/mol. The van der Waals surface area contributed by atoms with E-state index in [0.29, 0.717) is 18.7 Å². The van der Waals surface area contributed by atoms with Gasteiger partial charge < -0.3 is 9.84 Å². The molecule has 1 fully saturated rings. The zero-order valence-corrected chi connectivity index (χ0v) is 14.3. The van der Waals surface area contributed by atoms with Crippen LogP contribution in [0.25, 0.3) is 0 Å². The average Bonchev–Trinajstić information content (AvgIpc) is 3.43. The summed E-state index contributed by atoms with van der Waals surface area (Å²) in [5, 5.41) is 9.19. The van der Waals surface area contributed by atoms with Crippen LogP contribution in [0.2, 0.25) is 0 Å². The lowest BCUT2D eigenvalue weighted by atomic mass is 10.1. The van der Waals surface area contributed by atoms with Crippen LogP contribution >= 0.6 is 0 Å². The number of benzene rings is 2. The van der Waals surface area contributed by atoms with Crippen LogP contribution in [0.5, 0.6) is 0 Å². The Morgan fingerprint density at radius 1 is 1.08 bits per heavy atom. The van der Waals surface area contributed by atoms with Crippen molar-refractivity contribution >= 4 is 0 Å². The Kier molecular flexibility index (Phi) is 6.02. The van der Waals surface area contributed by atoms with E-state index >= 15 is 0 Å². The summed E-state index contributed by atoms with van der Waals surface area (Å²) in [6, 6.07) is 21.8. The van der Waals surface area contributed by atoms with Gasteiger partial charge in [-0.3, -0.25) is 4.90 Å². The molecule has 1 unspecified atom stereocenters. The van der Waals surface area contributed by atoms with Crippen LogP contribution in [0.1, 0.15) is 36.9 Å². The van der Waals surface area contributed by atoms with Gasteiger partial charge in [0.2, 0.25) is 0 Å². The second-order valence-electron chi connectivity index (χ2n) is 6.55. The van der Waals surface area contributed by atoms with E-state index < -0.39 is 0 Å². The summed E-state index contributed by atoms with van der Waals surface area (Å²) in [7, 11) is 0. The van der Waals surface area contributed by atoms with E-state index in [-0.39, 0.29) is 12.7 Å². The standard InChI is InChI=1S/C21H27NO2/c1-17(19-11-6-3-7-12-19)22-15-20(22)21(13-8-14-23)24-16-18-9-4-2-5-10-18/h2-7,9-12,17,20-21,23H,8,13-16H2,1H3/t17-,20-,21+,22?/m1/s1. The van der Waals surface area contributed by atoms with E-state index in [1.165, 1.54) is 11.1 Å². The van der Waals surface area contributed by atoms with Crippen LogP contribution < -0.4 is 0 Å². The lowest BCUT2D eigenvalue weighted by Gasteiger charge is -2.21. The van der Waals surface area contributed by atoms with Crippen LogP contribution in [0.4, 0.5) is 0 Å². The first-order valence-electron chi connectivity index (χ1n) is 8.86. The van der Waals surface area contributed by atoms with Crippen molar-refractivity contribution in [3.8, 4) is 0 Å². The van der Waals surface area contributed by atoms with Gasteiger partial charge in [-0.1, -0.05) is 60.7 Å². The molecule has 128 valence electrons. The Balaban J connectivity index is 1.58. The fraction of sp³-hybridized carbons (Fsp3) is 0.429. The van der Waals surface area contributed by atoms with Gasteiger partial charge in [0.25, 0.3) is 0 Å². The van der Waals surface area contributed by atoms with E-state index in [0.717, 1.165) is 19.4 Å². The molecule has 1 saturated heterocycles. The first-order chi connectivity index (χ1) is 11.8. The van der Waals surface area contributed by atoms with Gasteiger partial charge >= 0.3 is 0 Å². The smallest absolute Gasteiger partial charge is 0.0748 e. The minimum atomic E-state index is 0.184. The van der Waals surface area contributed by atoms with E-state index in [9.17, 15) is 5.11 Å². The number of hydrogen-bond donors (Lipinski definition) is 1. The monoisotopic (exact) mass is 325 g/mol. The van der Waals surface area contributed by atoms with Crippen LogP contribution in [0.3, 0.4) is 0 Å². The molecular formula is C21H27NO2. The van der Waals surface area contributed by atoms with Gasteiger partial charge in [0.1, 0.15) is 0 Å². The maximum atomic E-state index is 9.19. The highest BCUT2D eigenvalue weighted by molar-refractivity contribution is 5.20. The molecule has 0 aromatic heterocycles. The van der Waals surface area contributed by atoms with Crippen molar-refractivity contribution in [2.45, 2.75) is 44.6 Å². The molecule has 3 nitrogen and oxygen atoms in total. The normalized spacial score (nSPS) is 22.1. The molecule has 1 aliphatic rings. The van der Waals surface area contributed by atoms with Crippen molar-refractivity contribution in [3.05, 3.63) is 71.8 Å². The third-order valence-corrected chi connectivity index (χ3v) is 4.85. The summed E-state index contributed by atoms with van der Waals surface area (Å²) in [6.07, 6.45) is 1.89. The highest BCUT2D eigenvalue weighted by Gasteiger charge is 2.43. The Morgan fingerprint density at radius 2 is 1.75 bits per heavy atom. The Morgan fingerprint density at radius 3 is 2.42 bits per heavy atom. The summed E-state index contributed by atoms with van der Waals surface area (Å²) in [5.74, 6) is 0. The molecule has 1 heterocycles. The van der Waals surface area contributed by atoms with Gasteiger partial charge in [0, 0.05) is 25.2 Å². The van der Waals surface area contributed by atoms with Crippen LogP contribution in [0.15, 0.2) is 60.7 Å². The summed E-state index contributed by atoms with van der Waals surface area (Å²) in [4.78, 5) is 2.49. The minimum Gasteiger partial charge on any atom is -0.396 e. The van der Waals surface area contributed by atoms with Crippen molar-refractivity contribution < 1.29 is 9.84 Å². The van der Waals surface area contributed by atoms with Crippen LogP contribution in [-0.4, -0.2) is 35.3 Å². The minimum absolute atomic E-state index is 0.184. The number of ether oxygens (including phenoxy) is 1. The molecular weight excluding hydrogens is 298 g/mol. The largest absolute Gasteiger partial charge is 0.396 e. The fourth-order valence-corrected chi connectivity index (χ4v) is 3.33. The van der Waals surface area contributed by atoms with Gasteiger partial charge in [-0.25, -0.2) is 0 Å². The van der Waals surface area contributed by atoms with Gasteiger partial charge in [-0.15, -0.1) is 0 Å². The van der Waals surface area contributed by atoms with Crippen LogP contribution in [-0.2, 0) is 11.3 Å². The fourth-order valence-electron chi connectivity index (χ4n) is 3.33. The summed E-state index contributed by atoms with van der Waals surface area (Å²) in [6.45, 7) is 4.20. The molecule has 3 heteroatoms. The second-order valence-corrected chi connectivity index (χ2v) is 6.55. The zero-order valence-electron chi connectivity index (χ0n) is 14.3. The number of nitrogens with zero attached hydrogens (tertiary/aromatic N) is 1. The summed E-state index contributed by atoms with van der Waals surface area (Å²) in [5.41, 5.74) is 2.55. The average molecular weight is 325 g/mol. The van der Waals surface area contributed by atoms with Gasteiger partial charge in [-0.05, 0) is 30.9 Å². The molecule has 0 spiro atoms. The molecule has 1 aliphatic heterocycles. The summed E-state index contributed by atoms with van der Waals surface area (Å²) < 4.78 is 6.22. The van der Waals surface area contributed by atoms with E-state index in [1.807, 2.05) is 18.2 Å². The number of aliphatic hydroxyl groups is 1. The summed E-state index contributed by atoms with van der Waals surface area (Å²) >= 11 is 0. The lowest BCUT2D eigenvalue weighted by Crippen LogP contribution is -2.24. The number of aliphatic hydroxyl groups excluding tert-OH is 1. The molecule has 3 rings (SSSR count). The van der Waals surface area contributed by atoms with Crippen molar-refractivity contribution in [1.82, 2.24) is 4.90 Å². The molecule has 0 bridgehead atoms. The molecule has 0 amide bonds. The van der Waals surface area contributed by atoms with E-state index in [4.69, 9.17) is 4.74 Å². The topological polar surface area (TPSA) is 32.5 Å². The highest BCUT2D eigenvalue weighted by atomic mass is 16.5. The Bertz CT molecular complexity index is 602. The quantitative estimate of drug-likeness (QED) is 0.712. The van der Waals surface area contributed by atoms with Crippen LogP contribution in [0, 0.1) is 0 Å². The van der Waals surface area contributed by atoms with Gasteiger partial charge in [-0.2, -0.15) is 0 Å². The van der Waals surface area contributed by atoms with E-state index in [2.05, 4.69) is 54.3 Å². The maximum absolute atomic E-state index is 9.19. The third kappa shape index (κ3) is 4.44. The van der Waals surface area contributed by atoms with Crippen molar-refractivity contribution in [2.75, 3.05) is 13.2 Å². The van der Waals surface area contributed by atoms with E-state index in [1.54, 1.807) is 0 Å². The molecule has 0 saturated carbocycles. The van der Waals surface area contributed by atoms with Crippen molar-refractivity contribution in [3.63, 3.8) is 0 Å². The molecule has 24 heavy (non-hydrogen) atoms. The molecule has 1 N–H and O–H groups in total. The van der Waals surface area contributed by atoms with Crippen molar-refractivity contribution in [2.24, 2.45) is 0 Å². The molecule has 0 radical (unpaired) electrons. The number of hydrogen-bond acceptors (Lipinski definition) is 3. The predicted octanol–water partition coefficient (Wildman–Crippen LogP) is 3.79. The Labute approximate surface area is 144 Å².